The van der Waals surface area contributed by atoms with Gasteiger partial charge in [0.1, 0.15) is 16.8 Å². The molecule has 0 aromatic heterocycles. The third-order valence-electron chi connectivity index (χ3n) is 1.77. The van der Waals surface area contributed by atoms with Gasteiger partial charge in [0.05, 0.1) is 0 Å². The molecule has 1 aliphatic rings. The van der Waals surface area contributed by atoms with Crippen LogP contribution in [0.1, 0.15) is 5.56 Å². The van der Waals surface area contributed by atoms with Crippen molar-refractivity contribution in [1.82, 2.24) is 4.63 Å². The van der Waals surface area contributed by atoms with Gasteiger partial charge in [0.2, 0.25) is 12.2 Å². The number of aliphatic carboxylic acids is 1. The molecular formula is C10H8N2O4S. The average Bonchev–Trinajstić information content (AvgIpc) is 2.82. The number of carboxylic acid groups (broad SMARTS) is 1. The molecule has 1 aromatic carbocycles. The van der Waals surface area contributed by atoms with E-state index in [1.54, 1.807) is 24.3 Å². The number of rotatable bonds is 4. The first-order valence-corrected chi connectivity index (χ1v) is 5.32. The van der Waals surface area contributed by atoms with Gasteiger partial charge in [-0.25, -0.2) is 4.79 Å². The summed E-state index contributed by atoms with van der Waals surface area (Å²) in [4.78, 5) is 20.7. The van der Waals surface area contributed by atoms with Gasteiger partial charge in [0, 0.05) is 0 Å². The van der Waals surface area contributed by atoms with Gasteiger partial charge in [0.25, 0.3) is 0 Å². The second-order valence-electron chi connectivity index (χ2n) is 2.94. The van der Waals surface area contributed by atoms with E-state index in [2.05, 4.69) is 4.40 Å². The van der Waals surface area contributed by atoms with Crippen molar-refractivity contribution in [2.75, 3.05) is 0 Å². The van der Waals surface area contributed by atoms with Crippen molar-refractivity contribution in [1.29, 1.82) is 0 Å². The van der Waals surface area contributed by atoms with E-state index in [4.69, 9.17) is 14.8 Å². The fourth-order valence-corrected chi connectivity index (χ4v) is 1.43. The van der Waals surface area contributed by atoms with E-state index in [1.807, 2.05) is 6.07 Å². The third-order valence-corrected chi connectivity index (χ3v) is 2.25. The maximum absolute atomic E-state index is 11.0. The van der Waals surface area contributed by atoms with E-state index >= 15 is 0 Å². The molecule has 0 aliphatic carbocycles. The molecule has 0 radical (unpaired) electrons. The maximum Gasteiger partial charge on any atom is 0.374 e. The Bertz CT molecular complexity index is 453. The summed E-state index contributed by atoms with van der Waals surface area (Å²) in [6.45, 7) is 0. The first-order valence-electron chi connectivity index (χ1n) is 4.59. The smallest absolute Gasteiger partial charge is 0.374 e. The minimum absolute atomic E-state index is 0.255. The highest BCUT2D eigenvalue weighted by molar-refractivity contribution is 7.95. The Balaban J connectivity index is 2.11. The Labute approximate surface area is 101 Å². The summed E-state index contributed by atoms with van der Waals surface area (Å²) < 4.78 is 4.53. The van der Waals surface area contributed by atoms with Crippen LogP contribution < -0.4 is 0 Å². The van der Waals surface area contributed by atoms with Crippen molar-refractivity contribution in [3.05, 3.63) is 41.7 Å². The van der Waals surface area contributed by atoms with Gasteiger partial charge in [-0.15, -0.1) is 0 Å². The summed E-state index contributed by atoms with van der Waals surface area (Å²) in [6.07, 6.45) is 2.54. The Hall–Kier alpha value is -1.99. The lowest BCUT2D eigenvalue weighted by molar-refractivity contribution is -0.214. The molecule has 6 nitrogen and oxygen atoms in total. The summed E-state index contributed by atoms with van der Waals surface area (Å²) in [7, 11) is 0. The number of hydrogen-bond acceptors (Lipinski definition) is 6. The summed E-state index contributed by atoms with van der Waals surface area (Å²) in [6, 6.07) is 8.97. The van der Waals surface area contributed by atoms with Crippen molar-refractivity contribution < 1.29 is 19.6 Å². The number of nitrogens with zero attached hydrogens (tertiary/aromatic N) is 2. The molecule has 17 heavy (non-hydrogen) atoms. The van der Waals surface area contributed by atoms with E-state index in [1.165, 1.54) is 6.08 Å². The molecule has 0 spiro atoms. The van der Waals surface area contributed by atoms with Crippen LogP contribution in [-0.2, 0) is 14.5 Å². The maximum atomic E-state index is 11.0. The van der Waals surface area contributed by atoms with Crippen LogP contribution in [0, 0.1) is 0 Å². The van der Waals surface area contributed by atoms with Gasteiger partial charge in [-0.05, 0) is 11.6 Å². The highest BCUT2D eigenvalue weighted by Gasteiger charge is 2.19. The minimum atomic E-state index is -1.19. The summed E-state index contributed by atoms with van der Waals surface area (Å²) in [5.74, 6) is -1.45. The lowest BCUT2D eigenvalue weighted by atomic mass is 10.2. The van der Waals surface area contributed by atoms with Crippen LogP contribution in [0.4, 0.5) is 0 Å². The lowest BCUT2D eigenvalue weighted by Crippen LogP contribution is -2.16. The molecule has 1 aromatic rings. The fraction of sp³-hybridized carbons (Fsp3) is 0. The zero-order chi connectivity index (χ0) is 12.1. The van der Waals surface area contributed by atoms with Crippen LogP contribution in [-0.4, -0.2) is 22.1 Å². The molecule has 0 amide bonds. The molecule has 0 saturated carbocycles. The Morgan fingerprint density at radius 1 is 1.47 bits per heavy atom. The zero-order valence-corrected chi connectivity index (χ0v) is 9.33. The Morgan fingerprint density at radius 2 is 2.24 bits per heavy atom. The first kappa shape index (κ1) is 11.5. The van der Waals surface area contributed by atoms with Crippen molar-refractivity contribution in [3.63, 3.8) is 0 Å². The Kier molecular flexibility index (Phi) is 3.63. The SMILES string of the molecule is O=C(O)C(=Cc1ccccc1)ON1OC=NS1. The van der Waals surface area contributed by atoms with Crippen LogP contribution in [0.5, 0.6) is 0 Å². The lowest BCUT2D eigenvalue weighted by Gasteiger charge is -2.11. The quantitative estimate of drug-likeness (QED) is 0.501. The second kappa shape index (κ2) is 5.37. The molecule has 0 atom stereocenters. The fourth-order valence-electron chi connectivity index (χ4n) is 1.08. The predicted octanol–water partition coefficient (Wildman–Crippen LogP) is 1.88. The van der Waals surface area contributed by atoms with E-state index in [0.29, 0.717) is 0 Å². The number of carboxylic acids is 1. The van der Waals surface area contributed by atoms with E-state index in [-0.39, 0.29) is 5.76 Å². The number of carbonyl (C=O) groups is 1. The van der Waals surface area contributed by atoms with Crippen LogP contribution in [0.25, 0.3) is 6.08 Å². The summed E-state index contributed by atoms with van der Waals surface area (Å²) >= 11 is 0.853. The average molecular weight is 252 g/mol. The highest BCUT2D eigenvalue weighted by atomic mass is 32.2. The highest BCUT2D eigenvalue weighted by Crippen LogP contribution is 2.20. The van der Waals surface area contributed by atoms with Gasteiger partial charge in [-0.1, -0.05) is 30.3 Å². The minimum Gasteiger partial charge on any atom is -0.475 e. The molecule has 1 heterocycles. The molecule has 0 fully saturated rings. The van der Waals surface area contributed by atoms with Gasteiger partial charge >= 0.3 is 5.97 Å². The topological polar surface area (TPSA) is 71.4 Å². The summed E-state index contributed by atoms with van der Waals surface area (Å²) in [5.41, 5.74) is 0.718. The van der Waals surface area contributed by atoms with Crippen LogP contribution in [0.3, 0.4) is 0 Å². The molecule has 88 valence electrons. The van der Waals surface area contributed by atoms with Crippen LogP contribution in [0.15, 0.2) is 40.5 Å². The van der Waals surface area contributed by atoms with Crippen molar-refractivity contribution >= 4 is 30.6 Å². The first-order chi connectivity index (χ1) is 8.25. The van der Waals surface area contributed by atoms with Crippen LogP contribution >= 0.6 is 12.1 Å². The van der Waals surface area contributed by atoms with E-state index in [9.17, 15) is 4.79 Å². The van der Waals surface area contributed by atoms with Gasteiger partial charge < -0.3 is 14.8 Å². The molecule has 0 unspecified atom stereocenters. The number of benzene rings is 1. The monoisotopic (exact) mass is 252 g/mol. The molecule has 0 saturated heterocycles. The van der Waals surface area contributed by atoms with Crippen molar-refractivity contribution in [2.45, 2.75) is 0 Å². The molecule has 2 rings (SSSR count). The second-order valence-corrected chi connectivity index (χ2v) is 3.61. The Morgan fingerprint density at radius 3 is 2.82 bits per heavy atom. The van der Waals surface area contributed by atoms with E-state index in [0.717, 1.165) is 28.7 Å². The number of hydrogen-bond donors (Lipinski definition) is 1. The van der Waals surface area contributed by atoms with Gasteiger partial charge in [-0.2, -0.15) is 4.40 Å². The molecular weight excluding hydrogens is 244 g/mol. The van der Waals surface area contributed by atoms with Gasteiger partial charge in [0.15, 0.2) is 0 Å². The predicted molar refractivity (Wildman–Crippen MR) is 62.1 cm³/mol. The summed E-state index contributed by atoms with van der Waals surface area (Å²) in [5, 5.41) is 8.97. The largest absolute Gasteiger partial charge is 0.475 e. The van der Waals surface area contributed by atoms with E-state index < -0.39 is 5.97 Å². The van der Waals surface area contributed by atoms with Crippen LogP contribution in [0.2, 0.25) is 0 Å². The zero-order valence-electron chi connectivity index (χ0n) is 8.52. The molecule has 7 heteroatoms. The molecule has 0 bridgehead atoms. The molecule has 1 aliphatic heterocycles. The van der Waals surface area contributed by atoms with Gasteiger partial charge in [-0.3, -0.25) is 0 Å². The standard InChI is InChI=1S/C10H8N2O4S/c13-10(14)9(16-12-15-7-11-17-12)6-8-4-2-1-3-5-8/h1-7H,(H,13,14). The third kappa shape index (κ3) is 3.23. The van der Waals surface area contributed by atoms with Crippen molar-refractivity contribution in [2.24, 2.45) is 4.40 Å². The normalized spacial score (nSPS) is 15.6. The molecule has 1 N–H and O–H groups in total. The van der Waals surface area contributed by atoms with Crippen molar-refractivity contribution in [3.8, 4) is 0 Å².